The van der Waals surface area contributed by atoms with E-state index in [0.717, 1.165) is 12.8 Å². The van der Waals surface area contributed by atoms with Crippen molar-refractivity contribution in [3.05, 3.63) is 70.8 Å². The number of nitrogens with zero attached hydrogens (tertiary/aromatic N) is 1. The quantitative estimate of drug-likeness (QED) is 0.875. The Bertz CT molecular complexity index is 877. The highest BCUT2D eigenvalue weighted by atomic mass is 19.3. The summed E-state index contributed by atoms with van der Waals surface area (Å²) in [6.07, 6.45) is 0.653. The first-order valence-corrected chi connectivity index (χ1v) is 8.59. The molecule has 0 bridgehead atoms. The molecular formula is C20H18F2N2O2. The molecule has 1 N–H and O–H groups in total. The lowest BCUT2D eigenvalue weighted by molar-refractivity contribution is 0.0418. The number of hydrogen-bond donors (Lipinski definition) is 1. The van der Waals surface area contributed by atoms with Gasteiger partial charge in [0, 0.05) is 16.7 Å². The van der Waals surface area contributed by atoms with E-state index < -0.39 is 18.1 Å². The lowest BCUT2D eigenvalue weighted by atomic mass is 9.90. The van der Waals surface area contributed by atoms with Crippen LogP contribution >= 0.6 is 0 Å². The number of benzene rings is 2. The number of hydrazone groups is 1. The van der Waals surface area contributed by atoms with Crippen LogP contribution in [0.25, 0.3) is 0 Å². The average molecular weight is 356 g/mol. The number of cyclic esters (lactones) is 1. The molecule has 2 aliphatic rings. The van der Waals surface area contributed by atoms with Crippen LogP contribution in [0.15, 0.2) is 53.6 Å². The molecule has 0 radical (unpaired) electrons. The molecule has 6 heteroatoms. The first-order valence-electron chi connectivity index (χ1n) is 8.59. The van der Waals surface area contributed by atoms with Gasteiger partial charge in [0.05, 0.1) is 0 Å². The van der Waals surface area contributed by atoms with Gasteiger partial charge in [-0.2, -0.15) is 13.9 Å². The van der Waals surface area contributed by atoms with E-state index in [9.17, 15) is 4.79 Å². The van der Waals surface area contributed by atoms with Crippen molar-refractivity contribution in [2.24, 2.45) is 5.10 Å². The lowest BCUT2D eigenvalue weighted by Crippen LogP contribution is -2.37. The van der Waals surface area contributed by atoms with E-state index in [-0.39, 0.29) is 17.0 Å². The normalized spacial score (nSPS) is 20.2. The minimum Gasteiger partial charge on any atom is -0.439 e. The van der Waals surface area contributed by atoms with Gasteiger partial charge >= 0.3 is 6.09 Å². The number of hydrogen-bond acceptors (Lipinski definition) is 3. The summed E-state index contributed by atoms with van der Waals surface area (Å²) in [6.45, 7) is 1.71. The van der Waals surface area contributed by atoms with Crippen LogP contribution in [0, 0.1) is 0 Å². The molecule has 2 aromatic carbocycles. The third-order valence-corrected chi connectivity index (χ3v) is 4.78. The first-order chi connectivity index (χ1) is 12.5. The predicted molar refractivity (Wildman–Crippen MR) is 93.5 cm³/mol. The van der Waals surface area contributed by atoms with E-state index in [1.807, 2.05) is 0 Å². The van der Waals surface area contributed by atoms with Crippen molar-refractivity contribution in [3.63, 3.8) is 0 Å². The Hall–Kier alpha value is -2.76. The Morgan fingerprint density at radius 3 is 2.54 bits per heavy atom. The SMILES string of the molecule is C[C@@H]1OC(=O)NN=C1c1ccc(C(F)(F)c2ccccc2)c(C2CC2)c1. The number of carbonyl (C=O) groups excluding carboxylic acids is 1. The highest BCUT2D eigenvalue weighted by Crippen LogP contribution is 2.47. The zero-order chi connectivity index (χ0) is 18.3. The summed E-state index contributed by atoms with van der Waals surface area (Å²) in [5.74, 6) is -2.93. The van der Waals surface area contributed by atoms with Crippen molar-refractivity contribution in [3.8, 4) is 0 Å². The summed E-state index contributed by atoms with van der Waals surface area (Å²) in [7, 11) is 0. The molecule has 0 aromatic heterocycles. The Balaban J connectivity index is 1.77. The molecule has 1 heterocycles. The van der Waals surface area contributed by atoms with E-state index in [1.54, 1.807) is 37.3 Å². The van der Waals surface area contributed by atoms with Crippen molar-refractivity contribution >= 4 is 11.8 Å². The molecule has 4 nitrogen and oxygen atoms in total. The highest BCUT2D eigenvalue weighted by molar-refractivity contribution is 6.05. The van der Waals surface area contributed by atoms with E-state index in [2.05, 4.69) is 10.5 Å². The number of nitrogens with one attached hydrogen (secondary N) is 1. The fourth-order valence-electron chi connectivity index (χ4n) is 3.28. The summed E-state index contributed by atoms with van der Waals surface area (Å²) in [6, 6.07) is 12.7. The van der Waals surface area contributed by atoms with Crippen LogP contribution in [0.2, 0.25) is 0 Å². The van der Waals surface area contributed by atoms with Gasteiger partial charge in [-0.15, -0.1) is 0 Å². The molecule has 26 heavy (non-hydrogen) atoms. The molecule has 4 rings (SSSR count). The van der Waals surface area contributed by atoms with Crippen LogP contribution in [-0.4, -0.2) is 17.9 Å². The Kier molecular flexibility index (Phi) is 3.98. The number of halogens is 2. The van der Waals surface area contributed by atoms with Crippen LogP contribution in [0.3, 0.4) is 0 Å². The van der Waals surface area contributed by atoms with Crippen LogP contribution in [-0.2, 0) is 10.7 Å². The van der Waals surface area contributed by atoms with Crippen molar-refractivity contribution in [2.45, 2.75) is 37.7 Å². The maximum absolute atomic E-state index is 15.1. The molecule has 1 aliphatic carbocycles. The molecule has 2 aromatic rings. The molecule has 0 saturated heterocycles. The standard InChI is InChI=1S/C20H18F2N2O2/c1-12-18(23-24-19(25)26-12)14-9-10-17(16(11-14)13-7-8-13)20(21,22)15-5-3-2-4-6-15/h2-6,9-13H,7-8H2,1H3,(H,24,25)/t12-/m0/s1. The molecule has 1 saturated carbocycles. The summed E-state index contributed by atoms with van der Waals surface area (Å²) >= 11 is 0. The molecule has 1 amide bonds. The van der Waals surface area contributed by atoms with Gasteiger partial charge in [0.25, 0.3) is 5.92 Å². The summed E-state index contributed by atoms with van der Waals surface area (Å²) < 4.78 is 35.4. The lowest BCUT2D eigenvalue weighted by Gasteiger charge is -2.24. The van der Waals surface area contributed by atoms with Gasteiger partial charge in [-0.25, -0.2) is 10.2 Å². The Labute approximate surface area is 149 Å². The Morgan fingerprint density at radius 1 is 1.15 bits per heavy atom. The molecule has 134 valence electrons. The molecule has 0 unspecified atom stereocenters. The van der Waals surface area contributed by atoms with E-state index >= 15 is 8.78 Å². The van der Waals surface area contributed by atoms with Gasteiger partial charge in [-0.3, -0.25) is 0 Å². The van der Waals surface area contributed by atoms with Crippen molar-refractivity contribution in [2.75, 3.05) is 0 Å². The Morgan fingerprint density at radius 2 is 1.88 bits per heavy atom. The highest BCUT2D eigenvalue weighted by Gasteiger charge is 2.40. The fourth-order valence-corrected chi connectivity index (χ4v) is 3.28. The number of rotatable bonds is 4. The number of alkyl halides is 2. The molecular weight excluding hydrogens is 338 g/mol. The van der Waals surface area contributed by atoms with E-state index in [4.69, 9.17) is 4.74 Å². The number of ether oxygens (including phenoxy) is 1. The maximum atomic E-state index is 15.1. The van der Waals surface area contributed by atoms with E-state index in [0.29, 0.717) is 16.8 Å². The minimum atomic E-state index is -3.07. The predicted octanol–water partition coefficient (Wildman–Crippen LogP) is 4.54. The topological polar surface area (TPSA) is 50.7 Å². The monoisotopic (exact) mass is 356 g/mol. The average Bonchev–Trinajstić information content (AvgIpc) is 3.47. The number of amides is 1. The summed E-state index contributed by atoms with van der Waals surface area (Å²) in [5.41, 5.74) is 4.14. The van der Waals surface area contributed by atoms with Gasteiger partial charge in [-0.1, -0.05) is 42.5 Å². The molecule has 1 atom stereocenters. The zero-order valence-electron chi connectivity index (χ0n) is 14.2. The second-order valence-corrected chi connectivity index (χ2v) is 6.67. The molecule has 0 spiro atoms. The van der Waals surface area contributed by atoms with Gasteiger partial charge in [0.1, 0.15) is 11.8 Å². The van der Waals surface area contributed by atoms with Crippen LogP contribution < -0.4 is 5.43 Å². The van der Waals surface area contributed by atoms with E-state index in [1.165, 1.54) is 18.2 Å². The van der Waals surface area contributed by atoms with Gasteiger partial charge in [0.2, 0.25) is 0 Å². The second-order valence-electron chi connectivity index (χ2n) is 6.67. The van der Waals surface area contributed by atoms with Crippen LogP contribution in [0.5, 0.6) is 0 Å². The van der Waals surface area contributed by atoms with Crippen molar-refractivity contribution in [1.82, 2.24) is 5.43 Å². The molecule has 1 fully saturated rings. The fraction of sp³-hybridized carbons (Fsp3) is 0.300. The maximum Gasteiger partial charge on any atom is 0.428 e. The second kappa shape index (κ2) is 6.20. The third kappa shape index (κ3) is 2.96. The van der Waals surface area contributed by atoms with Gasteiger partial charge in [-0.05, 0) is 37.3 Å². The zero-order valence-corrected chi connectivity index (χ0v) is 14.2. The van der Waals surface area contributed by atoms with Gasteiger partial charge < -0.3 is 4.74 Å². The smallest absolute Gasteiger partial charge is 0.428 e. The summed E-state index contributed by atoms with van der Waals surface area (Å²) in [5, 5.41) is 4.04. The first kappa shape index (κ1) is 16.7. The van der Waals surface area contributed by atoms with Gasteiger partial charge in [0.15, 0.2) is 0 Å². The third-order valence-electron chi connectivity index (χ3n) is 4.78. The summed E-state index contributed by atoms with van der Waals surface area (Å²) in [4.78, 5) is 11.2. The van der Waals surface area contributed by atoms with Crippen LogP contribution in [0.4, 0.5) is 13.6 Å². The minimum absolute atomic E-state index is 0.0198. The van der Waals surface area contributed by atoms with Crippen LogP contribution in [0.1, 0.15) is 47.9 Å². The van der Waals surface area contributed by atoms with Crippen molar-refractivity contribution in [1.29, 1.82) is 0 Å². The number of carbonyl (C=O) groups is 1. The largest absolute Gasteiger partial charge is 0.439 e. The van der Waals surface area contributed by atoms with Crippen molar-refractivity contribution < 1.29 is 18.3 Å². The molecule has 1 aliphatic heterocycles.